The molecule has 0 radical (unpaired) electrons. The molecule has 1 saturated carbocycles. The van der Waals surface area contributed by atoms with Gasteiger partial charge in [0.25, 0.3) is 0 Å². The van der Waals surface area contributed by atoms with Crippen molar-refractivity contribution in [2.75, 3.05) is 6.61 Å². The molecule has 2 N–H and O–H groups in total. The lowest BCUT2D eigenvalue weighted by Gasteiger charge is -2.36. The summed E-state index contributed by atoms with van der Waals surface area (Å²) in [6, 6.07) is 4.43. The van der Waals surface area contributed by atoms with Gasteiger partial charge in [0.1, 0.15) is 0 Å². The second-order valence-electron chi connectivity index (χ2n) is 5.07. The van der Waals surface area contributed by atoms with Crippen LogP contribution in [0.15, 0.2) is 12.1 Å². The summed E-state index contributed by atoms with van der Waals surface area (Å²) in [5.41, 5.74) is -0.00534. The molecule has 0 spiro atoms. The van der Waals surface area contributed by atoms with Gasteiger partial charge in [0.05, 0.1) is 6.61 Å². The lowest BCUT2D eigenvalue weighted by atomic mass is 9.82. The lowest BCUT2D eigenvalue weighted by Crippen LogP contribution is -2.49. The van der Waals surface area contributed by atoms with Gasteiger partial charge in [0, 0.05) is 21.8 Å². The molecule has 0 atom stereocenters. The van der Waals surface area contributed by atoms with Gasteiger partial charge in [-0.15, -0.1) is 11.3 Å². The highest BCUT2D eigenvalue weighted by Gasteiger charge is 2.30. The molecule has 3 heteroatoms. The first-order valence-electron chi connectivity index (χ1n) is 6.71. The molecule has 0 saturated heterocycles. The standard InChI is InChI=1S/C14H23NOS/c1-2-12-6-7-13(17-12)10-15-14(11-16)8-4-3-5-9-14/h6-7,15-16H,2-5,8-11H2,1H3. The van der Waals surface area contributed by atoms with Crippen LogP contribution in [0, 0.1) is 0 Å². The number of aryl methyl sites for hydroxylation is 1. The summed E-state index contributed by atoms with van der Waals surface area (Å²) in [6.45, 7) is 3.38. The highest BCUT2D eigenvalue weighted by molar-refractivity contribution is 7.11. The number of rotatable bonds is 5. The summed E-state index contributed by atoms with van der Waals surface area (Å²) < 4.78 is 0. The van der Waals surface area contributed by atoms with Gasteiger partial charge in [-0.05, 0) is 31.4 Å². The van der Waals surface area contributed by atoms with Crippen LogP contribution in [0.1, 0.15) is 48.8 Å². The van der Waals surface area contributed by atoms with Crippen LogP contribution in [0.3, 0.4) is 0 Å². The molecule has 1 aromatic rings. The minimum Gasteiger partial charge on any atom is -0.394 e. The number of aliphatic hydroxyl groups is 1. The average molecular weight is 253 g/mol. The Morgan fingerprint density at radius 1 is 1.24 bits per heavy atom. The number of hydrogen-bond donors (Lipinski definition) is 2. The topological polar surface area (TPSA) is 32.3 Å². The molecule has 17 heavy (non-hydrogen) atoms. The van der Waals surface area contributed by atoms with Crippen LogP contribution < -0.4 is 5.32 Å². The maximum Gasteiger partial charge on any atom is 0.0613 e. The molecule has 0 bridgehead atoms. The second kappa shape index (κ2) is 5.98. The van der Waals surface area contributed by atoms with E-state index in [1.54, 1.807) is 0 Å². The van der Waals surface area contributed by atoms with Crippen LogP contribution in [0.4, 0.5) is 0 Å². The summed E-state index contributed by atoms with van der Waals surface area (Å²) in [4.78, 5) is 2.84. The second-order valence-corrected chi connectivity index (χ2v) is 6.33. The van der Waals surface area contributed by atoms with Crippen molar-refractivity contribution in [2.45, 2.75) is 57.5 Å². The first kappa shape index (κ1) is 13.1. The van der Waals surface area contributed by atoms with Gasteiger partial charge >= 0.3 is 0 Å². The van der Waals surface area contributed by atoms with E-state index in [0.29, 0.717) is 0 Å². The van der Waals surface area contributed by atoms with Crippen LogP contribution in [-0.2, 0) is 13.0 Å². The van der Waals surface area contributed by atoms with Crippen molar-refractivity contribution in [3.63, 3.8) is 0 Å². The Hall–Kier alpha value is -0.380. The Bertz CT molecular complexity index is 342. The van der Waals surface area contributed by atoms with E-state index in [4.69, 9.17) is 0 Å². The Labute approximate surface area is 108 Å². The summed E-state index contributed by atoms with van der Waals surface area (Å²) >= 11 is 1.89. The summed E-state index contributed by atoms with van der Waals surface area (Å²) in [6.07, 6.45) is 7.18. The molecule has 0 unspecified atom stereocenters. The monoisotopic (exact) mass is 253 g/mol. The van der Waals surface area contributed by atoms with Crippen LogP contribution in [0.5, 0.6) is 0 Å². The summed E-state index contributed by atoms with van der Waals surface area (Å²) in [5.74, 6) is 0. The van der Waals surface area contributed by atoms with Gasteiger partial charge in [0.15, 0.2) is 0 Å². The molecule has 0 amide bonds. The molecule has 2 rings (SSSR count). The molecule has 1 heterocycles. The van der Waals surface area contributed by atoms with Crippen LogP contribution in [0.25, 0.3) is 0 Å². The predicted molar refractivity (Wildman–Crippen MR) is 73.4 cm³/mol. The first-order valence-corrected chi connectivity index (χ1v) is 7.53. The van der Waals surface area contributed by atoms with Crippen molar-refractivity contribution in [3.05, 3.63) is 21.9 Å². The fourth-order valence-electron chi connectivity index (χ4n) is 2.60. The van der Waals surface area contributed by atoms with E-state index < -0.39 is 0 Å². The average Bonchev–Trinajstić information content (AvgIpc) is 2.85. The summed E-state index contributed by atoms with van der Waals surface area (Å²) in [7, 11) is 0. The Balaban J connectivity index is 1.90. The third-order valence-electron chi connectivity index (χ3n) is 3.82. The van der Waals surface area contributed by atoms with E-state index in [9.17, 15) is 5.11 Å². The fraction of sp³-hybridized carbons (Fsp3) is 0.714. The van der Waals surface area contributed by atoms with Crippen molar-refractivity contribution in [3.8, 4) is 0 Å². The largest absolute Gasteiger partial charge is 0.394 e. The Kier molecular flexibility index (Phi) is 4.60. The van der Waals surface area contributed by atoms with Gasteiger partial charge in [-0.1, -0.05) is 26.2 Å². The zero-order chi connectivity index (χ0) is 12.1. The SMILES string of the molecule is CCc1ccc(CNC2(CO)CCCCC2)s1. The molecule has 1 aliphatic carbocycles. The van der Waals surface area contributed by atoms with Crippen molar-refractivity contribution < 1.29 is 5.11 Å². The third kappa shape index (κ3) is 3.30. The number of thiophene rings is 1. The molecular formula is C14H23NOS. The normalized spacial score (nSPS) is 19.4. The number of nitrogens with one attached hydrogen (secondary N) is 1. The Morgan fingerprint density at radius 2 is 1.94 bits per heavy atom. The third-order valence-corrected chi connectivity index (χ3v) is 5.05. The van der Waals surface area contributed by atoms with E-state index in [1.807, 2.05) is 11.3 Å². The molecular weight excluding hydrogens is 230 g/mol. The van der Waals surface area contributed by atoms with Gasteiger partial charge in [-0.3, -0.25) is 0 Å². The molecule has 96 valence electrons. The van der Waals surface area contributed by atoms with E-state index in [1.165, 1.54) is 29.0 Å². The van der Waals surface area contributed by atoms with E-state index in [-0.39, 0.29) is 12.1 Å². The van der Waals surface area contributed by atoms with Crippen LogP contribution >= 0.6 is 11.3 Å². The van der Waals surface area contributed by atoms with Crippen LogP contribution in [-0.4, -0.2) is 17.3 Å². The number of aliphatic hydroxyl groups excluding tert-OH is 1. The maximum atomic E-state index is 9.61. The van der Waals surface area contributed by atoms with Gasteiger partial charge in [0.2, 0.25) is 0 Å². The van der Waals surface area contributed by atoms with E-state index in [2.05, 4.69) is 24.4 Å². The quantitative estimate of drug-likeness (QED) is 0.845. The van der Waals surface area contributed by atoms with Crippen LogP contribution in [0.2, 0.25) is 0 Å². The minimum absolute atomic E-state index is 0.00534. The maximum absolute atomic E-state index is 9.61. The zero-order valence-electron chi connectivity index (χ0n) is 10.7. The Morgan fingerprint density at radius 3 is 2.53 bits per heavy atom. The fourth-order valence-corrected chi connectivity index (χ4v) is 3.50. The molecule has 1 aliphatic rings. The van der Waals surface area contributed by atoms with E-state index >= 15 is 0 Å². The smallest absolute Gasteiger partial charge is 0.0613 e. The molecule has 1 fully saturated rings. The summed E-state index contributed by atoms with van der Waals surface area (Å²) in [5, 5.41) is 13.2. The predicted octanol–water partition coefficient (Wildman–Crippen LogP) is 3.10. The molecule has 0 aliphatic heterocycles. The minimum atomic E-state index is -0.00534. The highest BCUT2D eigenvalue weighted by Crippen LogP contribution is 2.28. The van der Waals surface area contributed by atoms with Crippen molar-refractivity contribution in [1.82, 2.24) is 5.32 Å². The molecule has 2 nitrogen and oxygen atoms in total. The first-order chi connectivity index (χ1) is 8.28. The number of hydrogen-bond acceptors (Lipinski definition) is 3. The van der Waals surface area contributed by atoms with Crippen molar-refractivity contribution in [2.24, 2.45) is 0 Å². The molecule has 0 aromatic carbocycles. The van der Waals surface area contributed by atoms with Gasteiger partial charge in [-0.25, -0.2) is 0 Å². The lowest BCUT2D eigenvalue weighted by molar-refractivity contribution is 0.120. The van der Waals surface area contributed by atoms with Crippen molar-refractivity contribution in [1.29, 1.82) is 0 Å². The van der Waals surface area contributed by atoms with Gasteiger partial charge in [-0.2, -0.15) is 0 Å². The van der Waals surface area contributed by atoms with E-state index in [0.717, 1.165) is 25.8 Å². The highest BCUT2D eigenvalue weighted by atomic mass is 32.1. The zero-order valence-corrected chi connectivity index (χ0v) is 11.5. The van der Waals surface area contributed by atoms with Gasteiger partial charge < -0.3 is 10.4 Å². The van der Waals surface area contributed by atoms with Crippen molar-refractivity contribution >= 4 is 11.3 Å². The molecule has 1 aromatic heterocycles.